The van der Waals surface area contributed by atoms with Crippen LogP contribution in [0.15, 0.2) is 22.3 Å². The standard InChI is InChI=1S/C21H24BrNO4/c1-4-26-21(25)15-10-23-17(11(2)3)8-13-12-5-6-27-20(12)16(22)7-14(13)18(23)9-19(15)24/h7,10-11,17-18H,4-6,8-9H2,1-3H3. The van der Waals surface area contributed by atoms with E-state index in [0.29, 0.717) is 18.9 Å². The average molecular weight is 434 g/mol. The minimum atomic E-state index is -0.516. The molecule has 1 aromatic carbocycles. The molecule has 27 heavy (non-hydrogen) atoms. The third-order valence-corrected chi connectivity index (χ3v) is 6.41. The fourth-order valence-electron chi connectivity index (χ4n) is 4.53. The van der Waals surface area contributed by atoms with E-state index in [9.17, 15) is 9.59 Å². The van der Waals surface area contributed by atoms with Crippen molar-refractivity contribution in [3.8, 4) is 5.75 Å². The maximum absolute atomic E-state index is 12.7. The van der Waals surface area contributed by atoms with Crippen molar-refractivity contribution in [2.45, 2.75) is 52.1 Å². The normalized spacial score (nSPS) is 23.4. The lowest BCUT2D eigenvalue weighted by molar-refractivity contribution is -0.140. The Hall–Kier alpha value is -1.82. The highest BCUT2D eigenvalue weighted by Gasteiger charge is 2.42. The molecule has 0 radical (unpaired) electrons. The Morgan fingerprint density at radius 2 is 2.15 bits per heavy atom. The first-order valence-corrected chi connectivity index (χ1v) is 10.4. The Morgan fingerprint density at radius 3 is 2.85 bits per heavy atom. The minimum absolute atomic E-state index is 0.0472. The van der Waals surface area contributed by atoms with E-state index in [2.05, 4.69) is 40.7 Å². The molecule has 6 heteroatoms. The van der Waals surface area contributed by atoms with Crippen LogP contribution in [-0.4, -0.2) is 35.9 Å². The summed E-state index contributed by atoms with van der Waals surface area (Å²) in [6, 6.07) is 2.28. The molecule has 2 atom stereocenters. The first-order valence-electron chi connectivity index (χ1n) is 9.58. The molecule has 3 aliphatic heterocycles. The molecule has 0 N–H and O–H groups in total. The van der Waals surface area contributed by atoms with E-state index in [1.807, 2.05) is 0 Å². The van der Waals surface area contributed by atoms with Gasteiger partial charge in [-0.1, -0.05) is 13.8 Å². The summed E-state index contributed by atoms with van der Waals surface area (Å²) in [6.07, 6.45) is 3.85. The van der Waals surface area contributed by atoms with Gasteiger partial charge in [-0.05, 0) is 52.4 Å². The molecule has 0 aromatic heterocycles. The number of ketones is 1. The smallest absolute Gasteiger partial charge is 0.343 e. The summed E-state index contributed by atoms with van der Waals surface area (Å²) in [5, 5.41) is 0. The lowest BCUT2D eigenvalue weighted by Crippen LogP contribution is -2.47. The van der Waals surface area contributed by atoms with Crippen molar-refractivity contribution in [2.24, 2.45) is 5.92 Å². The van der Waals surface area contributed by atoms with Crippen LogP contribution in [-0.2, 0) is 27.2 Å². The molecule has 0 amide bonds. The minimum Gasteiger partial charge on any atom is -0.492 e. The Bertz CT molecular complexity index is 845. The van der Waals surface area contributed by atoms with Crippen molar-refractivity contribution in [1.82, 2.24) is 4.90 Å². The number of nitrogens with zero attached hydrogens (tertiary/aromatic N) is 1. The van der Waals surface area contributed by atoms with Gasteiger partial charge in [-0.3, -0.25) is 4.79 Å². The van der Waals surface area contributed by atoms with Crippen molar-refractivity contribution >= 4 is 27.7 Å². The van der Waals surface area contributed by atoms with Crippen molar-refractivity contribution in [3.05, 3.63) is 39.0 Å². The summed E-state index contributed by atoms with van der Waals surface area (Å²) < 4.78 is 11.9. The number of carbonyl (C=O) groups excluding carboxylic acids is 2. The van der Waals surface area contributed by atoms with Crippen molar-refractivity contribution in [3.63, 3.8) is 0 Å². The lowest BCUT2D eigenvalue weighted by Gasteiger charge is -2.47. The molecule has 4 rings (SSSR count). The van der Waals surface area contributed by atoms with Crippen LogP contribution in [0.2, 0.25) is 0 Å². The Balaban J connectivity index is 1.83. The van der Waals surface area contributed by atoms with Crippen LogP contribution in [0.3, 0.4) is 0 Å². The van der Waals surface area contributed by atoms with Crippen LogP contribution in [0.1, 0.15) is 49.9 Å². The summed E-state index contributed by atoms with van der Waals surface area (Å²) >= 11 is 3.64. The summed E-state index contributed by atoms with van der Waals surface area (Å²) in [5.74, 6) is 0.681. The second kappa shape index (κ2) is 6.97. The number of carbonyl (C=O) groups is 2. The summed E-state index contributed by atoms with van der Waals surface area (Å²) in [4.78, 5) is 27.2. The van der Waals surface area contributed by atoms with Gasteiger partial charge >= 0.3 is 5.97 Å². The van der Waals surface area contributed by atoms with E-state index in [1.165, 1.54) is 16.7 Å². The van der Waals surface area contributed by atoms with Gasteiger partial charge < -0.3 is 14.4 Å². The maximum Gasteiger partial charge on any atom is 0.343 e. The number of hydrogen-bond donors (Lipinski definition) is 0. The molecule has 0 bridgehead atoms. The van der Waals surface area contributed by atoms with Gasteiger partial charge in [0.05, 0.1) is 23.7 Å². The molecule has 3 heterocycles. The van der Waals surface area contributed by atoms with E-state index in [1.54, 1.807) is 13.1 Å². The van der Waals surface area contributed by atoms with Gasteiger partial charge in [0.2, 0.25) is 0 Å². The molecule has 5 nitrogen and oxygen atoms in total. The average Bonchev–Trinajstić information content (AvgIpc) is 3.11. The lowest BCUT2D eigenvalue weighted by atomic mass is 9.78. The van der Waals surface area contributed by atoms with E-state index < -0.39 is 5.97 Å². The number of halogens is 1. The maximum atomic E-state index is 12.7. The highest BCUT2D eigenvalue weighted by Crippen LogP contribution is 2.47. The van der Waals surface area contributed by atoms with Gasteiger partial charge in [0, 0.05) is 30.6 Å². The first-order chi connectivity index (χ1) is 12.9. The zero-order valence-corrected chi connectivity index (χ0v) is 17.5. The van der Waals surface area contributed by atoms with E-state index in [-0.39, 0.29) is 30.0 Å². The molecule has 0 aliphatic carbocycles. The van der Waals surface area contributed by atoms with E-state index in [4.69, 9.17) is 9.47 Å². The zero-order chi connectivity index (χ0) is 19.3. The van der Waals surface area contributed by atoms with Crippen LogP contribution in [0.4, 0.5) is 0 Å². The number of fused-ring (bicyclic) bond motifs is 5. The van der Waals surface area contributed by atoms with E-state index in [0.717, 1.165) is 23.1 Å². The predicted octanol–water partition coefficient (Wildman–Crippen LogP) is 3.73. The second-order valence-corrected chi connectivity index (χ2v) is 8.56. The molecule has 0 fully saturated rings. The van der Waals surface area contributed by atoms with Crippen LogP contribution >= 0.6 is 15.9 Å². The number of hydrogen-bond acceptors (Lipinski definition) is 5. The number of benzene rings is 1. The fraction of sp³-hybridized carbons (Fsp3) is 0.524. The summed E-state index contributed by atoms with van der Waals surface area (Å²) in [7, 11) is 0. The molecule has 0 spiro atoms. The molecular formula is C21H24BrNO4. The molecule has 0 saturated carbocycles. The summed E-state index contributed by atoms with van der Waals surface area (Å²) in [6.45, 7) is 7.11. The van der Waals surface area contributed by atoms with Gasteiger partial charge in [0.1, 0.15) is 11.3 Å². The van der Waals surface area contributed by atoms with Gasteiger partial charge in [-0.15, -0.1) is 0 Å². The van der Waals surface area contributed by atoms with Crippen molar-refractivity contribution in [1.29, 1.82) is 0 Å². The molecule has 3 aliphatic rings. The zero-order valence-electron chi connectivity index (χ0n) is 15.9. The highest BCUT2D eigenvalue weighted by molar-refractivity contribution is 9.10. The largest absolute Gasteiger partial charge is 0.492 e. The van der Waals surface area contributed by atoms with Gasteiger partial charge in [0.15, 0.2) is 5.78 Å². The van der Waals surface area contributed by atoms with Crippen LogP contribution < -0.4 is 4.74 Å². The number of rotatable bonds is 3. The SMILES string of the molecule is CCOC(=O)C1=CN2C(CC1=O)c1cc(Br)c3c(c1CC2C(C)C)CCO3. The molecular weight excluding hydrogens is 410 g/mol. The predicted molar refractivity (Wildman–Crippen MR) is 105 cm³/mol. The topological polar surface area (TPSA) is 55.8 Å². The van der Waals surface area contributed by atoms with Gasteiger partial charge in [-0.2, -0.15) is 0 Å². The summed E-state index contributed by atoms with van der Waals surface area (Å²) in [5.41, 5.74) is 3.95. The van der Waals surface area contributed by atoms with Crippen LogP contribution in [0.25, 0.3) is 0 Å². The van der Waals surface area contributed by atoms with Gasteiger partial charge in [0.25, 0.3) is 0 Å². The number of Topliss-reactive ketones (excluding diaryl/α,β-unsaturated/α-hetero) is 1. The van der Waals surface area contributed by atoms with Gasteiger partial charge in [-0.25, -0.2) is 4.79 Å². The van der Waals surface area contributed by atoms with E-state index >= 15 is 0 Å². The molecule has 144 valence electrons. The number of ether oxygens (including phenoxy) is 2. The van der Waals surface area contributed by atoms with Crippen LogP contribution in [0.5, 0.6) is 5.75 Å². The van der Waals surface area contributed by atoms with Crippen molar-refractivity contribution < 1.29 is 19.1 Å². The Morgan fingerprint density at radius 1 is 1.37 bits per heavy atom. The molecule has 1 aromatic rings. The van der Waals surface area contributed by atoms with Crippen molar-refractivity contribution in [2.75, 3.05) is 13.2 Å². The third kappa shape index (κ3) is 2.98. The highest BCUT2D eigenvalue weighted by atomic mass is 79.9. The quantitative estimate of drug-likeness (QED) is 0.536. The molecule has 2 unspecified atom stereocenters. The monoisotopic (exact) mass is 433 g/mol. The Kier molecular flexibility index (Phi) is 4.78. The fourth-order valence-corrected chi connectivity index (χ4v) is 5.13. The third-order valence-electron chi connectivity index (χ3n) is 5.82. The Labute approximate surface area is 167 Å². The first kappa shape index (κ1) is 18.5. The number of esters is 1. The second-order valence-electron chi connectivity index (χ2n) is 7.70. The molecule has 0 saturated heterocycles. The van der Waals surface area contributed by atoms with Crippen LogP contribution in [0, 0.1) is 5.92 Å².